The number of amides is 1. The molecule has 1 aromatic rings. The SMILES string of the molecule is COC(C)CNC(=O)c1cc(Cl)cc(S(=O)(=O)Cl)c1C. The van der Waals surface area contributed by atoms with Gasteiger partial charge in [0.15, 0.2) is 0 Å². The van der Waals surface area contributed by atoms with Crippen molar-refractivity contribution in [2.75, 3.05) is 13.7 Å². The Labute approximate surface area is 127 Å². The highest BCUT2D eigenvalue weighted by molar-refractivity contribution is 8.13. The lowest BCUT2D eigenvalue weighted by Crippen LogP contribution is -2.32. The average molecular weight is 340 g/mol. The molecule has 0 radical (unpaired) electrons. The molecule has 0 saturated carbocycles. The van der Waals surface area contributed by atoms with E-state index in [0.717, 1.165) is 0 Å². The molecule has 0 fully saturated rings. The number of carbonyl (C=O) groups is 1. The van der Waals surface area contributed by atoms with E-state index in [4.69, 9.17) is 27.0 Å². The van der Waals surface area contributed by atoms with Crippen LogP contribution in [-0.4, -0.2) is 34.1 Å². The number of hydrogen-bond donors (Lipinski definition) is 1. The Bertz CT molecular complexity index is 616. The van der Waals surface area contributed by atoms with Gasteiger partial charge in [-0.2, -0.15) is 0 Å². The molecular weight excluding hydrogens is 325 g/mol. The molecule has 0 aliphatic rings. The number of methoxy groups -OCH3 is 1. The fourth-order valence-corrected chi connectivity index (χ4v) is 3.07. The molecule has 1 amide bonds. The predicted molar refractivity (Wildman–Crippen MR) is 78.0 cm³/mol. The predicted octanol–water partition coefficient (Wildman–Crippen LogP) is 2.34. The van der Waals surface area contributed by atoms with Crippen molar-refractivity contribution in [1.82, 2.24) is 5.32 Å². The Hall–Kier alpha value is -0.820. The second kappa shape index (κ2) is 6.76. The molecule has 0 saturated heterocycles. The highest BCUT2D eigenvalue weighted by atomic mass is 35.7. The molecule has 0 heterocycles. The topological polar surface area (TPSA) is 72.5 Å². The summed E-state index contributed by atoms with van der Waals surface area (Å²) in [7, 11) is 2.89. The van der Waals surface area contributed by atoms with Crippen molar-refractivity contribution in [3.05, 3.63) is 28.3 Å². The lowest BCUT2D eigenvalue weighted by molar-refractivity contribution is 0.0869. The highest BCUT2D eigenvalue weighted by Gasteiger charge is 2.20. The molecule has 0 bridgehead atoms. The van der Waals surface area contributed by atoms with Crippen LogP contribution in [-0.2, 0) is 13.8 Å². The van der Waals surface area contributed by atoms with Gasteiger partial charge >= 0.3 is 0 Å². The third kappa shape index (κ3) is 4.34. The van der Waals surface area contributed by atoms with Gasteiger partial charge in [-0.3, -0.25) is 4.79 Å². The van der Waals surface area contributed by atoms with Crippen LogP contribution < -0.4 is 5.32 Å². The molecule has 1 aromatic carbocycles. The Morgan fingerprint density at radius 1 is 1.45 bits per heavy atom. The number of benzene rings is 1. The third-order valence-corrected chi connectivity index (χ3v) is 4.45. The second-order valence-corrected chi connectivity index (χ2v) is 7.24. The fraction of sp³-hybridized carbons (Fsp3) is 0.417. The number of rotatable bonds is 5. The van der Waals surface area contributed by atoms with E-state index in [1.807, 2.05) is 0 Å². The first-order valence-electron chi connectivity index (χ1n) is 5.72. The minimum absolute atomic E-state index is 0.125. The zero-order valence-corrected chi connectivity index (χ0v) is 13.6. The highest BCUT2D eigenvalue weighted by Crippen LogP contribution is 2.26. The Kier molecular flexibility index (Phi) is 5.82. The number of nitrogens with one attached hydrogen (secondary N) is 1. The van der Waals surface area contributed by atoms with Gasteiger partial charge in [-0.15, -0.1) is 0 Å². The van der Waals surface area contributed by atoms with E-state index in [9.17, 15) is 13.2 Å². The van der Waals surface area contributed by atoms with Crippen LogP contribution in [0, 0.1) is 6.92 Å². The molecule has 0 spiro atoms. The third-order valence-electron chi connectivity index (χ3n) is 2.78. The lowest BCUT2D eigenvalue weighted by Gasteiger charge is -2.13. The first kappa shape index (κ1) is 17.2. The summed E-state index contributed by atoms with van der Waals surface area (Å²) >= 11 is 5.83. The molecule has 1 unspecified atom stereocenters. The minimum Gasteiger partial charge on any atom is -0.380 e. The first-order valence-corrected chi connectivity index (χ1v) is 8.41. The molecule has 0 aliphatic heterocycles. The van der Waals surface area contributed by atoms with Gasteiger partial charge < -0.3 is 10.1 Å². The first-order chi connectivity index (χ1) is 9.16. The summed E-state index contributed by atoms with van der Waals surface area (Å²) < 4.78 is 27.9. The van der Waals surface area contributed by atoms with E-state index in [0.29, 0.717) is 6.54 Å². The van der Waals surface area contributed by atoms with E-state index in [-0.39, 0.29) is 27.1 Å². The summed E-state index contributed by atoms with van der Waals surface area (Å²) in [6.07, 6.45) is -0.158. The largest absolute Gasteiger partial charge is 0.380 e. The maximum absolute atomic E-state index is 12.1. The van der Waals surface area contributed by atoms with Gasteiger partial charge in [0, 0.05) is 34.9 Å². The van der Waals surface area contributed by atoms with E-state index in [1.54, 1.807) is 6.92 Å². The Balaban J connectivity index is 3.13. The zero-order chi connectivity index (χ0) is 15.5. The van der Waals surface area contributed by atoms with Gasteiger partial charge in [-0.1, -0.05) is 11.6 Å². The minimum atomic E-state index is -3.96. The monoisotopic (exact) mass is 339 g/mol. The Morgan fingerprint density at radius 2 is 2.05 bits per heavy atom. The van der Waals surface area contributed by atoms with Crippen LogP contribution in [0.3, 0.4) is 0 Å². The molecule has 0 aromatic heterocycles. The van der Waals surface area contributed by atoms with Crippen molar-refractivity contribution in [3.63, 3.8) is 0 Å². The summed E-state index contributed by atoms with van der Waals surface area (Å²) in [5.41, 5.74) is 0.423. The molecule has 8 heteroatoms. The zero-order valence-electron chi connectivity index (χ0n) is 11.2. The second-order valence-electron chi connectivity index (χ2n) is 4.27. The molecule has 1 atom stereocenters. The summed E-state index contributed by atoms with van der Waals surface area (Å²) in [4.78, 5) is 11.9. The molecule has 1 rings (SSSR count). The molecule has 112 valence electrons. The average Bonchev–Trinajstić information content (AvgIpc) is 2.36. The van der Waals surface area contributed by atoms with Gasteiger partial charge in [0.05, 0.1) is 11.0 Å². The van der Waals surface area contributed by atoms with E-state index in [2.05, 4.69) is 5.32 Å². The van der Waals surface area contributed by atoms with E-state index < -0.39 is 15.0 Å². The fourth-order valence-electron chi connectivity index (χ4n) is 1.56. The van der Waals surface area contributed by atoms with Crippen LogP contribution >= 0.6 is 22.3 Å². The van der Waals surface area contributed by atoms with Crippen molar-refractivity contribution in [2.24, 2.45) is 0 Å². The summed E-state index contributed by atoms with van der Waals surface area (Å²) in [6, 6.07) is 2.61. The number of halogens is 2. The molecule has 0 aliphatic carbocycles. The Morgan fingerprint density at radius 3 is 2.55 bits per heavy atom. The van der Waals surface area contributed by atoms with Gasteiger partial charge in [-0.05, 0) is 31.5 Å². The number of carbonyl (C=O) groups excluding carboxylic acids is 1. The van der Waals surface area contributed by atoms with Crippen molar-refractivity contribution < 1.29 is 17.9 Å². The number of ether oxygens (including phenoxy) is 1. The van der Waals surface area contributed by atoms with Crippen LogP contribution in [0.2, 0.25) is 5.02 Å². The molecule has 20 heavy (non-hydrogen) atoms. The maximum Gasteiger partial charge on any atom is 0.261 e. The van der Waals surface area contributed by atoms with Gasteiger partial charge in [0.25, 0.3) is 15.0 Å². The van der Waals surface area contributed by atoms with Crippen LogP contribution in [0.5, 0.6) is 0 Å². The van der Waals surface area contributed by atoms with Gasteiger partial charge in [0.2, 0.25) is 0 Å². The van der Waals surface area contributed by atoms with Crippen molar-refractivity contribution in [3.8, 4) is 0 Å². The van der Waals surface area contributed by atoms with Gasteiger partial charge in [-0.25, -0.2) is 8.42 Å². The summed E-state index contributed by atoms with van der Waals surface area (Å²) in [5.74, 6) is -0.435. The summed E-state index contributed by atoms with van der Waals surface area (Å²) in [6.45, 7) is 3.59. The lowest BCUT2D eigenvalue weighted by atomic mass is 10.1. The number of hydrogen-bond acceptors (Lipinski definition) is 4. The molecule has 1 N–H and O–H groups in total. The van der Waals surface area contributed by atoms with Crippen molar-refractivity contribution in [1.29, 1.82) is 0 Å². The van der Waals surface area contributed by atoms with E-state index >= 15 is 0 Å². The van der Waals surface area contributed by atoms with Crippen LogP contribution in [0.4, 0.5) is 0 Å². The normalized spacial score (nSPS) is 13.1. The molecule has 5 nitrogen and oxygen atoms in total. The molecular formula is C12H15Cl2NO4S. The van der Waals surface area contributed by atoms with Crippen LogP contribution in [0.1, 0.15) is 22.8 Å². The quantitative estimate of drug-likeness (QED) is 0.835. The van der Waals surface area contributed by atoms with Crippen molar-refractivity contribution >= 4 is 37.2 Å². The standard InChI is InChI=1S/C12H15Cl2NO4S/c1-7(19-3)6-15-12(16)10-4-9(13)5-11(8(10)2)20(14,17)18/h4-5,7H,6H2,1-3H3,(H,15,16). The summed E-state index contributed by atoms with van der Waals surface area (Å²) in [5, 5.41) is 2.76. The van der Waals surface area contributed by atoms with Crippen LogP contribution in [0.25, 0.3) is 0 Å². The van der Waals surface area contributed by atoms with E-state index in [1.165, 1.54) is 26.2 Å². The van der Waals surface area contributed by atoms with Crippen LogP contribution in [0.15, 0.2) is 17.0 Å². The van der Waals surface area contributed by atoms with Gasteiger partial charge in [0.1, 0.15) is 0 Å². The maximum atomic E-state index is 12.1. The van der Waals surface area contributed by atoms with Crippen molar-refractivity contribution in [2.45, 2.75) is 24.8 Å². The smallest absolute Gasteiger partial charge is 0.261 e.